The first kappa shape index (κ1) is 17.2. The van der Waals surface area contributed by atoms with E-state index in [9.17, 15) is 13.2 Å². The van der Waals surface area contributed by atoms with Crippen LogP contribution in [-0.2, 0) is 16.6 Å². The van der Waals surface area contributed by atoms with Gasteiger partial charge in [0, 0.05) is 23.0 Å². The lowest BCUT2D eigenvalue weighted by Crippen LogP contribution is -2.27. The third-order valence-corrected chi connectivity index (χ3v) is 5.46. The summed E-state index contributed by atoms with van der Waals surface area (Å²) in [4.78, 5) is 14.9. The first-order valence-electron chi connectivity index (χ1n) is 7.44. The summed E-state index contributed by atoms with van der Waals surface area (Å²) < 4.78 is 37.3. The van der Waals surface area contributed by atoms with Crippen molar-refractivity contribution in [2.75, 3.05) is 7.11 Å². The van der Waals surface area contributed by atoms with Crippen LogP contribution in [0.3, 0.4) is 0 Å². The summed E-state index contributed by atoms with van der Waals surface area (Å²) in [5.74, 6) is 0.837. The molecule has 0 saturated carbocycles. The molecule has 0 fully saturated rings. The number of sulfonamides is 1. The fraction of sp³-hybridized carbons (Fsp3) is 0.250. The molecule has 0 spiro atoms. The number of pyridine rings is 1. The maximum absolute atomic E-state index is 12.4. The van der Waals surface area contributed by atoms with Gasteiger partial charge in [0.15, 0.2) is 5.76 Å². The van der Waals surface area contributed by atoms with Crippen LogP contribution in [0.4, 0.5) is 0 Å². The van der Waals surface area contributed by atoms with Gasteiger partial charge in [-0.1, -0.05) is 5.16 Å². The number of nitrogens with one attached hydrogen (secondary N) is 2. The Balaban J connectivity index is 1.93. The van der Waals surface area contributed by atoms with Crippen molar-refractivity contribution in [3.05, 3.63) is 51.6 Å². The second-order valence-electron chi connectivity index (χ2n) is 5.55. The molecule has 3 rings (SSSR count). The summed E-state index contributed by atoms with van der Waals surface area (Å²) in [6.45, 7) is 2.90. The minimum absolute atomic E-state index is 0.00798. The molecule has 0 radical (unpaired) electrons. The van der Waals surface area contributed by atoms with E-state index in [1.54, 1.807) is 38.3 Å². The summed E-state index contributed by atoms with van der Waals surface area (Å²) in [5.41, 5.74) is 0.834. The summed E-state index contributed by atoms with van der Waals surface area (Å²) in [6, 6.07) is 6.86. The standard InChI is InChI=1S/C16H17N3O5S/c1-9-15(10(2)24-19-9)25(21,22)17-8-12-6-11-7-13(23-3)4-5-14(11)18-16(12)20/h4-7,17H,8H2,1-3H3,(H,18,20). The Morgan fingerprint density at radius 3 is 2.68 bits per heavy atom. The number of benzene rings is 1. The van der Waals surface area contributed by atoms with E-state index < -0.39 is 10.0 Å². The number of hydrogen-bond donors (Lipinski definition) is 2. The van der Waals surface area contributed by atoms with Crippen LogP contribution in [0.15, 0.2) is 38.5 Å². The van der Waals surface area contributed by atoms with Crippen LogP contribution >= 0.6 is 0 Å². The van der Waals surface area contributed by atoms with Crippen molar-refractivity contribution in [1.82, 2.24) is 14.9 Å². The maximum Gasteiger partial charge on any atom is 0.252 e. The van der Waals surface area contributed by atoms with Gasteiger partial charge < -0.3 is 14.2 Å². The highest BCUT2D eigenvalue weighted by atomic mass is 32.2. The molecule has 0 saturated heterocycles. The fourth-order valence-electron chi connectivity index (χ4n) is 2.59. The van der Waals surface area contributed by atoms with Crippen LogP contribution in [0.5, 0.6) is 5.75 Å². The van der Waals surface area contributed by atoms with Gasteiger partial charge in [-0.2, -0.15) is 0 Å². The van der Waals surface area contributed by atoms with Gasteiger partial charge in [0.1, 0.15) is 16.3 Å². The average Bonchev–Trinajstić information content (AvgIpc) is 2.92. The van der Waals surface area contributed by atoms with Crippen LogP contribution in [0.25, 0.3) is 10.9 Å². The Bertz CT molecular complexity index is 1080. The molecule has 2 aromatic heterocycles. The second-order valence-corrected chi connectivity index (χ2v) is 7.26. The molecule has 3 aromatic rings. The van der Waals surface area contributed by atoms with Crippen molar-refractivity contribution < 1.29 is 17.7 Å². The van der Waals surface area contributed by atoms with Gasteiger partial charge in [-0.25, -0.2) is 13.1 Å². The van der Waals surface area contributed by atoms with Gasteiger partial charge in [0.2, 0.25) is 10.0 Å². The number of methoxy groups -OCH3 is 1. The fourth-order valence-corrected chi connectivity index (χ4v) is 3.92. The first-order valence-corrected chi connectivity index (χ1v) is 8.92. The molecule has 8 nitrogen and oxygen atoms in total. The molecule has 2 heterocycles. The smallest absolute Gasteiger partial charge is 0.252 e. The number of aromatic amines is 1. The molecule has 132 valence electrons. The number of H-pyrrole nitrogens is 1. The van der Waals surface area contributed by atoms with Crippen molar-refractivity contribution in [2.24, 2.45) is 0 Å². The number of aromatic nitrogens is 2. The molecule has 9 heteroatoms. The Morgan fingerprint density at radius 1 is 1.28 bits per heavy atom. The first-order chi connectivity index (χ1) is 11.8. The van der Waals surface area contributed by atoms with Crippen molar-refractivity contribution in [3.8, 4) is 5.75 Å². The molecule has 0 atom stereocenters. The highest BCUT2D eigenvalue weighted by Gasteiger charge is 2.24. The van der Waals surface area contributed by atoms with Crippen LogP contribution in [0.2, 0.25) is 0 Å². The third-order valence-electron chi connectivity index (χ3n) is 3.82. The highest BCUT2D eigenvalue weighted by molar-refractivity contribution is 7.89. The lowest BCUT2D eigenvalue weighted by molar-refractivity contribution is 0.390. The highest BCUT2D eigenvalue weighted by Crippen LogP contribution is 2.20. The van der Waals surface area contributed by atoms with Gasteiger partial charge >= 0.3 is 0 Å². The quantitative estimate of drug-likeness (QED) is 0.712. The minimum atomic E-state index is -3.84. The third kappa shape index (κ3) is 3.28. The topological polar surface area (TPSA) is 114 Å². The number of fused-ring (bicyclic) bond motifs is 1. The molecular formula is C16H17N3O5S. The van der Waals surface area contributed by atoms with Crippen molar-refractivity contribution in [2.45, 2.75) is 25.3 Å². The van der Waals surface area contributed by atoms with Gasteiger partial charge in [0.05, 0.1) is 7.11 Å². The molecule has 25 heavy (non-hydrogen) atoms. The Kier molecular flexibility index (Phi) is 4.36. The van der Waals surface area contributed by atoms with Gasteiger partial charge in [0.25, 0.3) is 5.56 Å². The van der Waals surface area contributed by atoms with E-state index in [-0.39, 0.29) is 34.0 Å². The molecule has 0 aliphatic heterocycles. The van der Waals surface area contributed by atoms with Gasteiger partial charge in [-0.05, 0) is 38.1 Å². The molecule has 0 aliphatic carbocycles. The van der Waals surface area contributed by atoms with E-state index in [4.69, 9.17) is 9.26 Å². The Morgan fingerprint density at radius 2 is 2.04 bits per heavy atom. The maximum atomic E-state index is 12.4. The average molecular weight is 363 g/mol. The van der Waals surface area contributed by atoms with Crippen LogP contribution < -0.4 is 15.0 Å². The molecule has 0 aliphatic rings. The number of rotatable bonds is 5. The largest absolute Gasteiger partial charge is 0.497 e. The predicted molar refractivity (Wildman–Crippen MR) is 91.1 cm³/mol. The van der Waals surface area contributed by atoms with Crippen molar-refractivity contribution in [3.63, 3.8) is 0 Å². The zero-order chi connectivity index (χ0) is 18.2. The van der Waals surface area contributed by atoms with Crippen molar-refractivity contribution >= 4 is 20.9 Å². The van der Waals surface area contributed by atoms with Gasteiger partial charge in [-0.15, -0.1) is 0 Å². The van der Waals surface area contributed by atoms with Crippen LogP contribution in [0, 0.1) is 13.8 Å². The van der Waals surface area contributed by atoms with Crippen molar-refractivity contribution in [1.29, 1.82) is 0 Å². The van der Waals surface area contributed by atoms with E-state index in [1.165, 1.54) is 6.92 Å². The lowest BCUT2D eigenvalue weighted by Gasteiger charge is -2.08. The monoisotopic (exact) mass is 363 g/mol. The SMILES string of the molecule is COc1ccc2[nH]c(=O)c(CNS(=O)(=O)c3c(C)noc3C)cc2c1. The van der Waals surface area contributed by atoms with E-state index in [0.717, 1.165) is 5.39 Å². The molecule has 1 aromatic carbocycles. The number of ether oxygens (including phenoxy) is 1. The minimum Gasteiger partial charge on any atom is -0.497 e. The number of aryl methyl sites for hydroxylation is 2. The van der Waals surface area contributed by atoms with E-state index in [1.807, 2.05) is 0 Å². The summed E-state index contributed by atoms with van der Waals surface area (Å²) in [7, 11) is -2.30. The zero-order valence-corrected chi connectivity index (χ0v) is 14.7. The Labute approximate surface area is 143 Å². The molecule has 0 unspecified atom stereocenters. The normalized spacial score (nSPS) is 11.8. The Hall–Kier alpha value is -2.65. The van der Waals surface area contributed by atoms with E-state index in [2.05, 4.69) is 14.9 Å². The lowest BCUT2D eigenvalue weighted by atomic mass is 10.1. The van der Waals surface area contributed by atoms with Crippen LogP contribution in [0.1, 0.15) is 17.0 Å². The number of nitrogens with zero attached hydrogens (tertiary/aromatic N) is 1. The van der Waals surface area contributed by atoms with Crippen LogP contribution in [-0.4, -0.2) is 25.7 Å². The molecular weight excluding hydrogens is 346 g/mol. The van der Waals surface area contributed by atoms with E-state index in [0.29, 0.717) is 11.3 Å². The summed E-state index contributed by atoms with van der Waals surface area (Å²) in [5, 5.41) is 4.38. The van der Waals surface area contributed by atoms with E-state index >= 15 is 0 Å². The summed E-state index contributed by atoms with van der Waals surface area (Å²) in [6.07, 6.45) is 0. The number of hydrogen-bond acceptors (Lipinski definition) is 6. The molecule has 2 N–H and O–H groups in total. The zero-order valence-electron chi connectivity index (χ0n) is 13.9. The summed E-state index contributed by atoms with van der Waals surface area (Å²) >= 11 is 0. The predicted octanol–water partition coefficient (Wildman–Crippen LogP) is 1.62. The second kappa shape index (κ2) is 6.34. The van der Waals surface area contributed by atoms with Gasteiger partial charge in [-0.3, -0.25) is 4.79 Å². The molecule has 0 bridgehead atoms. The molecule has 0 amide bonds.